The number of hydrogen-bond donors (Lipinski definition) is 1. The van der Waals surface area contributed by atoms with E-state index in [-0.39, 0.29) is 11.4 Å². The van der Waals surface area contributed by atoms with Gasteiger partial charge in [0.05, 0.1) is 0 Å². The van der Waals surface area contributed by atoms with Gasteiger partial charge < -0.3 is 10.0 Å². The first kappa shape index (κ1) is 12.4. The van der Waals surface area contributed by atoms with Crippen molar-refractivity contribution in [1.29, 1.82) is 0 Å². The topological polar surface area (TPSA) is 53.4 Å². The lowest BCUT2D eigenvalue weighted by molar-refractivity contribution is 0.0691. The van der Waals surface area contributed by atoms with Gasteiger partial charge in [-0.25, -0.2) is 14.2 Å². The third-order valence-electron chi connectivity index (χ3n) is 4.38. The third kappa shape index (κ3) is 2.07. The highest BCUT2D eigenvalue weighted by Gasteiger charge is 2.37. The molecule has 1 saturated heterocycles. The Morgan fingerprint density at radius 2 is 2.16 bits per heavy atom. The van der Waals surface area contributed by atoms with Crippen LogP contribution in [-0.4, -0.2) is 28.6 Å². The predicted molar refractivity (Wildman–Crippen MR) is 68.9 cm³/mol. The lowest BCUT2D eigenvalue weighted by Gasteiger charge is -2.32. The van der Waals surface area contributed by atoms with E-state index in [1.807, 2.05) is 4.90 Å². The van der Waals surface area contributed by atoms with E-state index in [0.29, 0.717) is 12.0 Å². The number of carbonyl (C=O) groups is 1. The first-order valence-electron chi connectivity index (χ1n) is 6.83. The molecular weight excluding hydrogens is 247 g/mol. The highest BCUT2D eigenvalue weighted by molar-refractivity contribution is 5.88. The van der Waals surface area contributed by atoms with Crippen molar-refractivity contribution >= 4 is 11.8 Å². The maximum absolute atomic E-state index is 14.2. The van der Waals surface area contributed by atoms with Crippen LogP contribution in [0.15, 0.2) is 12.3 Å². The van der Waals surface area contributed by atoms with Gasteiger partial charge in [-0.05, 0) is 31.2 Å². The zero-order chi connectivity index (χ0) is 13.4. The van der Waals surface area contributed by atoms with Crippen LogP contribution < -0.4 is 4.90 Å². The summed E-state index contributed by atoms with van der Waals surface area (Å²) in [6.07, 6.45) is 7.11. The summed E-state index contributed by atoms with van der Waals surface area (Å²) in [6.45, 7) is 0.780. The molecule has 2 unspecified atom stereocenters. The minimum atomic E-state index is -1.24. The molecule has 1 saturated carbocycles. The second-order valence-corrected chi connectivity index (χ2v) is 5.40. The van der Waals surface area contributed by atoms with Crippen molar-refractivity contribution in [2.45, 2.75) is 38.1 Å². The molecule has 1 N–H and O–H groups in total. The van der Waals surface area contributed by atoms with Gasteiger partial charge in [0.1, 0.15) is 5.56 Å². The van der Waals surface area contributed by atoms with E-state index in [9.17, 15) is 9.18 Å². The van der Waals surface area contributed by atoms with E-state index < -0.39 is 11.8 Å². The first-order chi connectivity index (χ1) is 9.18. The van der Waals surface area contributed by atoms with Crippen molar-refractivity contribution in [2.75, 3.05) is 11.4 Å². The highest BCUT2D eigenvalue weighted by atomic mass is 19.1. The Labute approximate surface area is 111 Å². The monoisotopic (exact) mass is 264 g/mol. The maximum atomic E-state index is 14.2. The molecular formula is C14H17FN2O2. The first-order valence-corrected chi connectivity index (χ1v) is 6.83. The summed E-state index contributed by atoms with van der Waals surface area (Å²) in [7, 11) is 0. The van der Waals surface area contributed by atoms with Crippen LogP contribution in [-0.2, 0) is 0 Å². The van der Waals surface area contributed by atoms with Gasteiger partial charge in [0.15, 0.2) is 11.6 Å². The molecule has 3 rings (SSSR count). The molecule has 102 valence electrons. The average Bonchev–Trinajstić information content (AvgIpc) is 2.82. The van der Waals surface area contributed by atoms with Crippen LogP contribution in [0.3, 0.4) is 0 Å². The van der Waals surface area contributed by atoms with Crippen LogP contribution in [0.4, 0.5) is 10.2 Å². The Balaban J connectivity index is 1.94. The normalized spacial score (nSPS) is 26.3. The molecule has 2 fully saturated rings. The lowest BCUT2D eigenvalue weighted by Crippen LogP contribution is -2.36. The van der Waals surface area contributed by atoms with Crippen LogP contribution in [0.2, 0.25) is 0 Å². The van der Waals surface area contributed by atoms with Crippen LogP contribution >= 0.6 is 0 Å². The molecule has 0 aromatic carbocycles. The minimum Gasteiger partial charge on any atom is -0.478 e. The zero-order valence-electron chi connectivity index (χ0n) is 10.7. The van der Waals surface area contributed by atoms with Gasteiger partial charge in [0.25, 0.3) is 0 Å². The molecule has 5 heteroatoms. The molecule has 0 bridgehead atoms. The van der Waals surface area contributed by atoms with E-state index in [4.69, 9.17) is 5.11 Å². The Kier molecular flexibility index (Phi) is 3.12. The lowest BCUT2D eigenvalue weighted by atomic mass is 9.85. The van der Waals surface area contributed by atoms with Crippen LogP contribution in [0.1, 0.15) is 42.5 Å². The Morgan fingerprint density at radius 1 is 1.37 bits per heavy atom. The van der Waals surface area contributed by atoms with E-state index in [2.05, 4.69) is 4.98 Å². The number of rotatable bonds is 2. The Bertz CT molecular complexity index is 506. The van der Waals surface area contributed by atoms with E-state index in [1.54, 1.807) is 0 Å². The summed E-state index contributed by atoms with van der Waals surface area (Å²) in [6, 6.07) is 1.55. The van der Waals surface area contributed by atoms with Crippen molar-refractivity contribution in [2.24, 2.45) is 5.92 Å². The molecule has 0 spiro atoms. The molecule has 1 aliphatic carbocycles. The molecule has 19 heavy (non-hydrogen) atoms. The molecule has 1 aromatic heterocycles. The second-order valence-electron chi connectivity index (χ2n) is 5.40. The summed E-state index contributed by atoms with van der Waals surface area (Å²) >= 11 is 0. The summed E-state index contributed by atoms with van der Waals surface area (Å²) in [5.41, 5.74) is -0.288. The van der Waals surface area contributed by atoms with E-state index in [1.165, 1.54) is 25.1 Å². The van der Waals surface area contributed by atoms with Crippen molar-refractivity contribution in [3.63, 3.8) is 0 Å². The molecule has 2 aliphatic rings. The zero-order valence-corrected chi connectivity index (χ0v) is 10.7. The summed E-state index contributed by atoms with van der Waals surface area (Å²) in [5, 5.41) is 8.98. The van der Waals surface area contributed by atoms with Gasteiger partial charge in [-0.1, -0.05) is 12.8 Å². The molecule has 4 nitrogen and oxygen atoms in total. The maximum Gasteiger partial charge on any atom is 0.338 e. The predicted octanol–water partition coefficient (Wildman–Crippen LogP) is 2.69. The highest BCUT2D eigenvalue weighted by Crippen LogP contribution is 2.39. The fourth-order valence-electron chi connectivity index (χ4n) is 3.47. The Morgan fingerprint density at radius 3 is 2.95 bits per heavy atom. The minimum absolute atomic E-state index is 0.217. The molecule has 2 heterocycles. The molecule has 1 aliphatic heterocycles. The number of fused-ring (bicyclic) bond motifs is 1. The van der Waals surface area contributed by atoms with Crippen LogP contribution in [0.25, 0.3) is 0 Å². The average molecular weight is 264 g/mol. The summed E-state index contributed by atoms with van der Waals surface area (Å²) in [4.78, 5) is 17.0. The van der Waals surface area contributed by atoms with Gasteiger partial charge in [-0.2, -0.15) is 0 Å². The largest absolute Gasteiger partial charge is 0.478 e. The fourth-order valence-corrected chi connectivity index (χ4v) is 3.47. The number of hydrogen-bond acceptors (Lipinski definition) is 3. The third-order valence-corrected chi connectivity index (χ3v) is 4.38. The van der Waals surface area contributed by atoms with Crippen LogP contribution in [0, 0.1) is 11.7 Å². The molecule has 2 atom stereocenters. The number of aromatic carboxylic acids is 1. The second kappa shape index (κ2) is 4.79. The van der Waals surface area contributed by atoms with Gasteiger partial charge in [-0.15, -0.1) is 0 Å². The Hall–Kier alpha value is -1.65. The molecule has 1 aromatic rings. The fraction of sp³-hybridized carbons (Fsp3) is 0.571. The number of anilines is 1. The van der Waals surface area contributed by atoms with Crippen molar-refractivity contribution in [3.8, 4) is 0 Å². The standard InChI is InChI=1S/C14H17FN2O2/c15-12-10(14(18)19)5-7-16-13(12)17-8-6-9-3-1-2-4-11(9)17/h5,7,9,11H,1-4,6,8H2,(H,18,19). The van der Waals surface area contributed by atoms with Gasteiger partial charge >= 0.3 is 5.97 Å². The number of carboxylic acids is 1. The number of carboxylic acid groups (broad SMARTS) is 1. The molecule has 0 amide bonds. The number of pyridine rings is 1. The summed E-state index contributed by atoms with van der Waals surface area (Å²) in [5.74, 6) is -1.10. The van der Waals surface area contributed by atoms with Crippen molar-refractivity contribution < 1.29 is 14.3 Å². The number of aromatic nitrogens is 1. The SMILES string of the molecule is O=C(O)c1ccnc(N2CCC3CCCCC32)c1F. The van der Waals surface area contributed by atoms with Gasteiger partial charge in [0.2, 0.25) is 0 Å². The summed E-state index contributed by atoms with van der Waals surface area (Å²) < 4.78 is 14.2. The van der Waals surface area contributed by atoms with Crippen LogP contribution in [0.5, 0.6) is 0 Å². The smallest absolute Gasteiger partial charge is 0.338 e. The van der Waals surface area contributed by atoms with Gasteiger partial charge in [0, 0.05) is 18.8 Å². The quantitative estimate of drug-likeness (QED) is 0.892. The molecule has 0 radical (unpaired) electrons. The number of halogens is 1. The number of nitrogens with zero attached hydrogens (tertiary/aromatic N) is 2. The van der Waals surface area contributed by atoms with Crippen molar-refractivity contribution in [3.05, 3.63) is 23.6 Å². The van der Waals surface area contributed by atoms with E-state index in [0.717, 1.165) is 25.8 Å². The van der Waals surface area contributed by atoms with Gasteiger partial charge in [-0.3, -0.25) is 0 Å². The van der Waals surface area contributed by atoms with Crippen molar-refractivity contribution in [1.82, 2.24) is 4.98 Å². The van der Waals surface area contributed by atoms with E-state index >= 15 is 0 Å².